The third-order valence-electron chi connectivity index (χ3n) is 2.54. The summed E-state index contributed by atoms with van der Waals surface area (Å²) >= 11 is 0. The number of halogens is 1. The topological polar surface area (TPSA) is 46.2 Å². The number of rotatable bonds is 1. The van der Waals surface area contributed by atoms with Gasteiger partial charge in [0, 0.05) is 0 Å². The Morgan fingerprint density at radius 2 is 2.00 bits per heavy atom. The summed E-state index contributed by atoms with van der Waals surface area (Å²) in [5.41, 5.74) is 8.21. The van der Waals surface area contributed by atoms with Crippen LogP contribution in [-0.2, 0) is 12.8 Å². The third kappa shape index (κ3) is 2.03. The fourth-order valence-electron chi connectivity index (χ4n) is 1.86. The van der Waals surface area contributed by atoms with Crippen LogP contribution in [0.2, 0.25) is 0 Å². The van der Waals surface area contributed by atoms with E-state index in [-0.39, 0.29) is 17.0 Å². The number of phenolic OH excluding ortho intramolecular Hbond substituents is 1. The van der Waals surface area contributed by atoms with Gasteiger partial charge in [0.15, 0.2) is 0 Å². The van der Waals surface area contributed by atoms with Crippen LogP contribution in [0.5, 0.6) is 5.75 Å². The standard InChI is InChI=1S/C10H13NO.BrH/c11-6-7-3-8-1-2-10(12)5-9(8)4-7;/h1-2,5,7,12H,3-4,6,11H2;1H. The number of fused-ring (bicyclic) bond motifs is 1. The van der Waals surface area contributed by atoms with Crippen LogP contribution in [0.15, 0.2) is 18.2 Å². The number of benzene rings is 1. The Bertz CT molecular complexity index is 301. The van der Waals surface area contributed by atoms with Gasteiger partial charge in [-0.25, -0.2) is 0 Å². The smallest absolute Gasteiger partial charge is 0.115 e. The molecule has 0 bridgehead atoms. The van der Waals surface area contributed by atoms with Crippen LogP contribution in [0.25, 0.3) is 0 Å². The highest BCUT2D eigenvalue weighted by molar-refractivity contribution is 8.93. The zero-order valence-electron chi connectivity index (χ0n) is 7.36. The number of hydrogen-bond acceptors (Lipinski definition) is 2. The average molecular weight is 244 g/mol. The van der Waals surface area contributed by atoms with E-state index in [1.54, 1.807) is 6.07 Å². The molecule has 3 heteroatoms. The number of nitrogens with two attached hydrogens (primary N) is 1. The fourth-order valence-corrected chi connectivity index (χ4v) is 1.86. The highest BCUT2D eigenvalue weighted by atomic mass is 79.9. The predicted octanol–water partition coefficient (Wildman–Crippen LogP) is 1.64. The normalized spacial score (nSPS) is 19.3. The molecule has 0 radical (unpaired) electrons. The molecule has 0 amide bonds. The van der Waals surface area contributed by atoms with Gasteiger partial charge >= 0.3 is 0 Å². The van der Waals surface area contributed by atoms with Gasteiger partial charge in [-0.05, 0) is 48.6 Å². The molecule has 2 nitrogen and oxygen atoms in total. The van der Waals surface area contributed by atoms with Gasteiger partial charge in [-0.15, -0.1) is 17.0 Å². The maximum Gasteiger partial charge on any atom is 0.115 e. The van der Waals surface area contributed by atoms with Gasteiger partial charge in [0.05, 0.1) is 0 Å². The summed E-state index contributed by atoms with van der Waals surface area (Å²) in [6.07, 6.45) is 2.10. The van der Waals surface area contributed by atoms with Crippen molar-refractivity contribution in [1.82, 2.24) is 0 Å². The lowest BCUT2D eigenvalue weighted by Gasteiger charge is -2.01. The maximum absolute atomic E-state index is 9.22. The lowest BCUT2D eigenvalue weighted by molar-refractivity contribution is 0.474. The van der Waals surface area contributed by atoms with Gasteiger partial charge in [-0.1, -0.05) is 6.07 Å². The highest BCUT2D eigenvalue weighted by Gasteiger charge is 2.19. The van der Waals surface area contributed by atoms with E-state index in [1.165, 1.54) is 11.1 Å². The van der Waals surface area contributed by atoms with E-state index >= 15 is 0 Å². The first-order valence-electron chi connectivity index (χ1n) is 4.30. The van der Waals surface area contributed by atoms with Crippen LogP contribution in [-0.4, -0.2) is 11.7 Å². The molecule has 72 valence electrons. The lowest BCUT2D eigenvalue weighted by Crippen LogP contribution is -2.13. The largest absolute Gasteiger partial charge is 0.508 e. The number of hydrogen-bond donors (Lipinski definition) is 2. The molecule has 0 aliphatic heterocycles. The van der Waals surface area contributed by atoms with Crippen molar-refractivity contribution in [3.05, 3.63) is 29.3 Å². The van der Waals surface area contributed by atoms with Crippen molar-refractivity contribution < 1.29 is 5.11 Å². The van der Waals surface area contributed by atoms with E-state index in [0.29, 0.717) is 11.7 Å². The summed E-state index contributed by atoms with van der Waals surface area (Å²) in [6.45, 7) is 0.745. The minimum Gasteiger partial charge on any atom is -0.508 e. The molecular formula is C10H14BrNO. The van der Waals surface area contributed by atoms with Crippen molar-refractivity contribution in [2.75, 3.05) is 6.54 Å². The second-order valence-corrected chi connectivity index (χ2v) is 3.46. The van der Waals surface area contributed by atoms with Crippen LogP contribution in [0.4, 0.5) is 0 Å². The Kier molecular flexibility index (Phi) is 3.33. The van der Waals surface area contributed by atoms with Gasteiger partial charge in [-0.2, -0.15) is 0 Å². The molecule has 0 aromatic heterocycles. The zero-order chi connectivity index (χ0) is 8.55. The van der Waals surface area contributed by atoms with Crippen LogP contribution < -0.4 is 5.73 Å². The number of phenols is 1. The molecule has 1 aliphatic carbocycles. The van der Waals surface area contributed by atoms with Gasteiger partial charge in [0.2, 0.25) is 0 Å². The SMILES string of the molecule is Br.NCC1Cc2ccc(O)cc2C1. The minimum absolute atomic E-state index is 0. The highest BCUT2D eigenvalue weighted by Crippen LogP contribution is 2.28. The summed E-state index contributed by atoms with van der Waals surface area (Å²) < 4.78 is 0. The molecule has 2 rings (SSSR count). The average Bonchev–Trinajstić information content (AvgIpc) is 2.46. The molecule has 1 aromatic rings. The summed E-state index contributed by atoms with van der Waals surface area (Å²) in [5, 5.41) is 9.22. The summed E-state index contributed by atoms with van der Waals surface area (Å²) in [5.74, 6) is 0.952. The van der Waals surface area contributed by atoms with E-state index in [9.17, 15) is 5.11 Å². The Morgan fingerprint density at radius 3 is 2.69 bits per heavy atom. The molecule has 0 heterocycles. The molecule has 13 heavy (non-hydrogen) atoms. The molecule has 1 atom stereocenters. The predicted molar refractivity (Wildman–Crippen MR) is 58.4 cm³/mol. The molecule has 1 aliphatic rings. The van der Waals surface area contributed by atoms with Crippen LogP contribution in [0.3, 0.4) is 0 Å². The molecule has 0 saturated heterocycles. The molecule has 1 aromatic carbocycles. The summed E-state index contributed by atoms with van der Waals surface area (Å²) in [6, 6.07) is 5.60. The first-order chi connectivity index (χ1) is 5.79. The Balaban J connectivity index is 0.000000845. The molecule has 0 spiro atoms. The quantitative estimate of drug-likeness (QED) is 0.788. The Labute approximate surface area is 88.5 Å². The van der Waals surface area contributed by atoms with Crippen LogP contribution in [0.1, 0.15) is 11.1 Å². The Morgan fingerprint density at radius 1 is 1.31 bits per heavy atom. The minimum atomic E-state index is 0. The van der Waals surface area contributed by atoms with Crippen molar-refractivity contribution in [1.29, 1.82) is 0 Å². The Hall–Kier alpha value is -0.540. The van der Waals surface area contributed by atoms with E-state index in [4.69, 9.17) is 5.73 Å². The van der Waals surface area contributed by atoms with Gasteiger partial charge in [0.1, 0.15) is 5.75 Å². The maximum atomic E-state index is 9.22. The summed E-state index contributed by atoms with van der Waals surface area (Å²) in [4.78, 5) is 0. The summed E-state index contributed by atoms with van der Waals surface area (Å²) in [7, 11) is 0. The van der Waals surface area contributed by atoms with E-state index in [2.05, 4.69) is 0 Å². The first kappa shape index (κ1) is 10.5. The van der Waals surface area contributed by atoms with Gasteiger partial charge < -0.3 is 10.8 Å². The van der Waals surface area contributed by atoms with Crippen molar-refractivity contribution in [3.8, 4) is 5.75 Å². The van der Waals surface area contributed by atoms with Crippen molar-refractivity contribution in [2.45, 2.75) is 12.8 Å². The fraction of sp³-hybridized carbons (Fsp3) is 0.400. The van der Waals surface area contributed by atoms with Crippen molar-refractivity contribution in [3.63, 3.8) is 0 Å². The van der Waals surface area contributed by atoms with Crippen LogP contribution >= 0.6 is 17.0 Å². The molecule has 0 saturated carbocycles. The first-order valence-corrected chi connectivity index (χ1v) is 4.30. The molecule has 1 unspecified atom stereocenters. The van der Waals surface area contributed by atoms with Gasteiger partial charge in [0.25, 0.3) is 0 Å². The molecular weight excluding hydrogens is 230 g/mol. The van der Waals surface area contributed by atoms with Gasteiger partial charge in [-0.3, -0.25) is 0 Å². The van der Waals surface area contributed by atoms with E-state index < -0.39 is 0 Å². The monoisotopic (exact) mass is 243 g/mol. The number of aromatic hydroxyl groups is 1. The second-order valence-electron chi connectivity index (χ2n) is 3.46. The molecule has 3 N–H and O–H groups in total. The zero-order valence-corrected chi connectivity index (χ0v) is 9.08. The van der Waals surface area contributed by atoms with E-state index in [1.807, 2.05) is 12.1 Å². The van der Waals surface area contributed by atoms with E-state index in [0.717, 1.165) is 19.4 Å². The third-order valence-corrected chi connectivity index (χ3v) is 2.54. The second kappa shape index (κ2) is 4.11. The molecule has 0 fully saturated rings. The van der Waals surface area contributed by atoms with Crippen molar-refractivity contribution >= 4 is 17.0 Å². The van der Waals surface area contributed by atoms with Crippen LogP contribution in [0, 0.1) is 5.92 Å². The van der Waals surface area contributed by atoms with Crippen molar-refractivity contribution in [2.24, 2.45) is 11.7 Å². The lowest BCUT2D eigenvalue weighted by atomic mass is 10.1.